The summed E-state index contributed by atoms with van der Waals surface area (Å²) in [6, 6.07) is -1.16. The molecule has 0 fully saturated rings. The summed E-state index contributed by atoms with van der Waals surface area (Å²) in [7, 11) is -4.38. The molecule has 4 N–H and O–H groups in total. The van der Waals surface area contributed by atoms with E-state index in [1.54, 1.807) is 6.92 Å². The Morgan fingerprint density at radius 2 is 2.00 bits per heavy atom. The summed E-state index contributed by atoms with van der Waals surface area (Å²) < 4.78 is 15.0. The molecular weight excluding hydrogens is 225 g/mol. The van der Waals surface area contributed by atoms with Gasteiger partial charge in [0.25, 0.3) is 0 Å². The number of nitrogens with two attached hydrogens (primary N) is 1. The maximum atomic E-state index is 11.0. The molecule has 0 aromatic heterocycles. The van der Waals surface area contributed by atoms with Crippen molar-refractivity contribution in [1.29, 1.82) is 0 Å². The molecule has 0 bridgehead atoms. The lowest BCUT2D eigenvalue weighted by atomic mass is 10.2. The van der Waals surface area contributed by atoms with Gasteiger partial charge in [0.15, 0.2) is 0 Å². The fraction of sp³-hybridized carbons (Fsp3) is 0.714. The van der Waals surface area contributed by atoms with Crippen molar-refractivity contribution in [2.75, 3.05) is 12.8 Å². The summed E-state index contributed by atoms with van der Waals surface area (Å²) >= 11 is 0. The molecule has 0 aromatic carbocycles. The van der Waals surface area contributed by atoms with Gasteiger partial charge in [-0.2, -0.15) is 0 Å². The molecule has 0 amide bonds. The van der Waals surface area contributed by atoms with E-state index in [4.69, 9.17) is 15.5 Å². The van der Waals surface area contributed by atoms with E-state index in [9.17, 15) is 14.2 Å². The number of carbonyl (C=O) groups is 2. The zero-order chi connectivity index (χ0) is 12.1. The van der Waals surface area contributed by atoms with E-state index in [0.717, 1.165) is 0 Å². The lowest BCUT2D eigenvalue weighted by Crippen LogP contribution is -2.35. The van der Waals surface area contributed by atoms with Gasteiger partial charge in [-0.1, -0.05) is 0 Å². The minimum absolute atomic E-state index is 0.138. The highest BCUT2D eigenvalue weighted by Crippen LogP contribution is 2.34. The van der Waals surface area contributed by atoms with Gasteiger partial charge in [-0.3, -0.25) is 14.2 Å². The van der Waals surface area contributed by atoms with Crippen LogP contribution in [0.1, 0.15) is 13.3 Å². The Balaban J connectivity index is 4.07. The number of rotatable bonds is 6. The molecule has 0 radical (unpaired) electrons. The predicted molar refractivity (Wildman–Crippen MR) is 51.1 cm³/mol. The number of hydrogen-bond acceptors (Lipinski definition) is 5. The maximum Gasteiger partial charge on any atom is 0.332 e. The average Bonchev–Trinajstić information content (AvgIpc) is 2.00. The number of carbonyl (C=O) groups excluding carboxylic acids is 2. The van der Waals surface area contributed by atoms with Crippen LogP contribution in [0.15, 0.2) is 0 Å². The van der Waals surface area contributed by atoms with Gasteiger partial charge in [-0.05, 0) is 6.92 Å². The van der Waals surface area contributed by atoms with Crippen LogP contribution in [0.3, 0.4) is 0 Å². The Kier molecular flexibility index (Phi) is 5.67. The molecule has 1 unspecified atom stereocenters. The Labute approximate surface area is 86.8 Å². The van der Waals surface area contributed by atoms with E-state index >= 15 is 0 Å². The molecule has 0 aliphatic heterocycles. The second-order valence-corrected chi connectivity index (χ2v) is 4.57. The number of esters is 1. The normalized spacial score (nSPS) is 13.3. The SMILES string of the molecule is CCOC(=O)C(N)CC(=O)CP(=O)(O)O. The van der Waals surface area contributed by atoms with Crippen molar-refractivity contribution in [3.63, 3.8) is 0 Å². The standard InChI is InChI=1S/C7H14NO6P/c1-2-14-7(10)6(8)3-5(9)4-15(11,12)13/h6H,2-4,8H2,1H3,(H2,11,12,13). The predicted octanol–water partition coefficient (Wildman–Crippen LogP) is -0.986. The van der Waals surface area contributed by atoms with Crippen LogP contribution in [0.2, 0.25) is 0 Å². The summed E-state index contributed by atoms with van der Waals surface area (Å²) in [5.74, 6) is -1.51. The van der Waals surface area contributed by atoms with Crippen molar-refractivity contribution in [1.82, 2.24) is 0 Å². The third-order valence-corrected chi connectivity index (χ3v) is 2.18. The fourth-order valence-electron chi connectivity index (χ4n) is 0.872. The first-order valence-electron chi connectivity index (χ1n) is 4.24. The summed E-state index contributed by atoms with van der Waals surface area (Å²) in [6.45, 7) is 1.72. The average molecular weight is 239 g/mol. The van der Waals surface area contributed by atoms with E-state index in [0.29, 0.717) is 0 Å². The molecule has 7 nitrogen and oxygen atoms in total. The van der Waals surface area contributed by atoms with Gasteiger partial charge in [0.1, 0.15) is 18.0 Å². The van der Waals surface area contributed by atoms with Crippen LogP contribution in [-0.2, 0) is 18.9 Å². The highest BCUT2D eigenvalue weighted by Gasteiger charge is 2.24. The van der Waals surface area contributed by atoms with E-state index in [1.807, 2.05) is 0 Å². The monoisotopic (exact) mass is 239 g/mol. The molecule has 1 atom stereocenters. The zero-order valence-electron chi connectivity index (χ0n) is 8.25. The number of Topliss-reactive ketones (excluding diaryl/α,β-unsaturated/α-hetero) is 1. The minimum Gasteiger partial charge on any atom is -0.465 e. The lowest BCUT2D eigenvalue weighted by molar-refractivity contribution is -0.145. The quantitative estimate of drug-likeness (QED) is 0.401. The van der Waals surface area contributed by atoms with E-state index in [-0.39, 0.29) is 6.61 Å². The van der Waals surface area contributed by atoms with E-state index < -0.39 is 38.0 Å². The molecule has 8 heteroatoms. The Morgan fingerprint density at radius 1 is 1.47 bits per heavy atom. The topological polar surface area (TPSA) is 127 Å². The number of ketones is 1. The summed E-state index contributed by atoms with van der Waals surface area (Å²) in [5.41, 5.74) is 5.27. The number of ether oxygens (including phenoxy) is 1. The molecule has 0 spiro atoms. The van der Waals surface area contributed by atoms with Crippen LogP contribution in [0.5, 0.6) is 0 Å². The maximum absolute atomic E-state index is 11.0. The molecule has 88 valence electrons. The van der Waals surface area contributed by atoms with Gasteiger partial charge in [0.2, 0.25) is 0 Å². The van der Waals surface area contributed by atoms with Crippen molar-refractivity contribution in [3.05, 3.63) is 0 Å². The summed E-state index contributed by atoms with van der Waals surface area (Å²) in [4.78, 5) is 38.9. The molecule has 0 aliphatic carbocycles. The highest BCUT2D eigenvalue weighted by atomic mass is 31.2. The van der Waals surface area contributed by atoms with Crippen molar-refractivity contribution < 1.29 is 28.7 Å². The van der Waals surface area contributed by atoms with Gasteiger partial charge in [0.05, 0.1) is 6.61 Å². The van der Waals surface area contributed by atoms with Crippen LogP contribution in [0, 0.1) is 0 Å². The molecule has 0 saturated heterocycles. The molecule has 0 saturated carbocycles. The molecule has 0 rings (SSSR count). The van der Waals surface area contributed by atoms with Crippen LogP contribution in [0.4, 0.5) is 0 Å². The van der Waals surface area contributed by atoms with Gasteiger partial charge in [0, 0.05) is 6.42 Å². The largest absolute Gasteiger partial charge is 0.465 e. The molecule has 0 aliphatic rings. The first-order chi connectivity index (χ1) is 6.76. The Bertz CT molecular complexity index is 285. The van der Waals surface area contributed by atoms with Gasteiger partial charge in [-0.25, -0.2) is 0 Å². The Hall–Kier alpha value is -0.750. The Morgan fingerprint density at radius 3 is 2.40 bits per heavy atom. The second-order valence-electron chi connectivity index (χ2n) is 2.92. The molecule has 0 heterocycles. The molecule has 15 heavy (non-hydrogen) atoms. The van der Waals surface area contributed by atoms with Gasteiger partial charge >= 0.3 is 13.6 Å². The molecular formula is C7H14NO6P. The van der Waals surface area contributed by atoms with Gasteiger partial charge < -0.3 is 20.3 Å². The summed E-state index contributed by atoms with van der Waals surface area (Å²) in [5, 5.41) is 0. The third-order valence-electron chi connectivity index (χ3n) is 1.42. The van der Waals surface area contributed by atoms with Crippen LogP contribution in [0.25, 0.3) is 0 Å². The van der Waals surface area contributed by atoms with E-state index in [1.165, 1.54) is 0 Å². The second kappa shape index (κ2) is 5.97. The third kappa shape index (κ3) is 7.21. The number of hydrogen-bond donors (Lipinski definition) is 3. The first-order valence-corrected chi connectivity index (χ1v) is 6.04. The first kappa shape index (κ1) is 14.2. The summed E-state index contributed by atoms with van der Waals surface area (Å²) in [6.07, 6.45) is -1.33. The fourth-order valence-corrected chi connectivity index (χ4v) is 1.46. The zero-order valence-corrected chi connectivity index (χ0v) is 9.15. The van der Waals surface area contributed by atoms with Crippen LogP contribution in [-0.4, -0.2) is 40.4 Å². The van der Waals surface area contributed by atoms with E-state index in [2.05, 4.69) is 4.74 Å². The van der Waals surface area contributed by atoms with Crippen molar-refractivity contribution in [2.45, 2.75) is 19.4 Å². The van der Waals surface area contributed by atoms with Crippen LogP contribution >= 0.6 is 7.60 Å². The van der Waals surface area contributed by atoms with Crippen molar-refractivity contribution in [2.24, 2.45) is 5.73 Å². The highest BCUT2D eigenvalue weighted by molar-refractivity contribution is 7.52. The lowest BCUT2D eigenvalue weighted by Gasteiger charge is -2.09. The minimum atomic E-state index is -4.38. The smallest absolute Gasteiger partial charge is 0.332 e. The van der Waals surface area contributed by atoms with Crippen LogP contribution < -0.4 is 5.73 Å². The van der Waals surface area contributed by atoms with Crippen molar-refractivity contribution in [3.8, 4) is 0 Å². The van der Waals surface area contributed by atoms with Crippen molar-refractivity contribution >= 4 is 19.3 Å². The van der Waals surface area contributed by atoms with Gasteiger partial charge in [-0.15, -0.1) is 0 Å². The molecule has 0 aromatic rings.